The van der Waals surface area contributed by atoms with E-state index < -0.39 is 0 Å². The highest BCUT2D eigenvalue weighted by Crippen LogP contribution is 2.38. The minimum Gasteiger partial charge on any atom is -0.497 e. The first-order valence-electron chi connectivity index (χ1n) is 17.1. The number of carbonyl (C=O) groups excluding carboxylic acids is 1. The third-order valence-electron chi connectivity index (χ3n) is 9.56. The largest absolute Gasteiger partial charge is 0.497 e. The fourth-order valence-corrected chi connectivity index (χ4v) is 6.84. The molecule has 1 aliphatic heterocycles. The highest BCUT2D eigenvalue weighted by molar-refractivity contribution is 5.95. The Morgan fingerprint density at radius 1 is 0.900 bits per heavy atom. The smallest absolute Gasteiger partial charge is 0.253 e. The van der Waals surface area contributed by atoms with Crippen molar-refractivity contribution in [3.8, 4) is 23.0 Å². The van der Waals surface area contributed by atoms with Crippen molar-refractivity contribution in [3.05, 3.63) is 95.9 Å². The van der Waals surface area contributed by atoms with E-state index in [2.05, 4.69) is 44.7 Å². The van der Waals surface area contributed by atoms with Gasteiger partial charge in [-0.1, -0.05) is 24.3 Å². The molecule has 0 bridgehead atoms. The third-order valence-corrected chi connectivity index (χ3v) is 9.56. The maximum absolute atomic E-state index is 13.8. The number of carbonyl (C=O) groups is 1. The Bertz CT molecular complexity index is 1830. The topological polar surface area (TPSA) is 94.7 Å². The van der Waals surface area contributed by atoms with Crippen LogP contribution in [0.1, 0.15) is 40.2 Å². The maximum atomic E-state index is 13.8. The molecule has 0 spiro atoms. The van der Waals surface area contributed by atoms with Crippen LogP contribution in [0, 0.1) is 0 Å². The van der Waals surface area contributed by atoms with E-state index in [1.54, 1.807) is 58.0 Å². The van der Waals surface area contributed by atoms with Gasteiger partial charge in [0.05, 0.1) is 58.5 Å². The number of hydrogen-bond donors (Lipinski definition) is 0. The van der Waals surface area contributed by atoms with Gasteiger partial charge in [-0.2, -0.15) is 0 Å². The molecule has 264 valence electrons. The van der Waals surface area contributed by atoms with E-state index in [4.69, 9.17) is 28.3 Å². The molecule has 1 amide bonds. The molecule has 2 aromatic heterocycles. The van der Waals surface area contributed by atoms with Crippen molar-refractivity contribution >= 4 is 22.9 Å². The van der Waals surface area contributed by atoms with Gasteiger partial charge in [0, 0.05) is 50.3 Å². The molecule has 5 aromatic rings. The quantitative estimate of drug-likeness (QED) is 0.136. The summed E-state index contributed by atoms with van der Waals surface area (Å²) in [5, 5.41) is 0. The van der Waals surface area contributed by atoms with E-state index >= 15 is 0 Å². The first-order chi connectivity index (χ1) is 24.4. The molecule has 1 unspecified atom stereocenters. The molecule has 3 aromatic carbocycles. The summed E-state index contributed by atoms with van der Waals surface area (Å²) < 4.78 is 29.6. The summed E-state index contributed by atoms with van der Waals surface area (Å²) in [6, 6.07) is 21.9. The van der Waals surface area contributed by atoms with Gasteiger partial charge < -0.3 is 42.6 Å². The number of fused-ring (bicyclic) bond motifs is 1. The van der Waals surface area contributed by atoms with Gasteiger partial charge in [0.1, 0.15) is 5.75 Å². The fourth-order valence-electron chi connectivity index (χ4n) is 6.84. The molecule has 0 N–H and O–H groups in total. The average molecular weight is 682 g/mol. The lowest BCUT2D eigenvalue weighted by Gasteiger charge is -2.28. The van der Waals surface area contributed by atoms with Crippen molar-refractivity contribution in [1.82, 2.24) is 19.4 Å². The summed E-state index contributed by atoms with van der Waals surface area (Å²) >= 11 is 0. The van der Waals surface area contributed by atoms with E-state index in [0.29, 0.717) is 35.9 Å². The Morgan fingerprint density at radius 3 is 2.34 bits per heavy atom. The number of imidazole rings is 1. The number of amides is 1. The molecule has 50 heavy (non-hydrogen) atoms. The molecule has 0 aliphatic carbocycles. The van der Waals surface area contributed by atoms with Crippen LogP contribution < -0.4 is 23.8 Å². The molecule has 0 saturated carbocycles. The Morgan fingerprint density at radius 2 is 1.66 bits per heavy atom. The number of benzene rings is 3. The summed E-state index contributed by atoms with van der Waals surface area (Å²) in [7, 11) is 8.17. The average Bonchev–Trinajstić information content (AvgIpc) is 3.74. The lowest BCUT2D eigenvalue weighted by molar-refractivity contribution is 0.0782. The van der Waals surface area contributed by atoms with Crippen LogP contribution in [0.4, 0.5) is 5.95 Å². The lowest BCUT2D eigenvalue weighted by Crippen LogP contribution is -2.35. The van der Waals surface area contributed by atoms with Crippen LogP contribution in [0.15, 0.2) is 83.7 Å². The second-order valence-electron chi connectivity index (χ2n) is 12.7. The predicted molar refractivity (Wildman–Crippen MR) is 194 cm³/mol. The standard InChI is InChI=1S/C39H47N5O6/c1-41(38(45)31-23-35(47-3)37(49-5)36(24-31)48-4)26-30(29-11-13-32(46-2)14-12-29)15-19-42-17-8-18-43(21-20-42)39-40-33-9-6-7-10-34(33)44(39)25-28-16-22-50-27-28/h6-7,9-14,16,22-24,27,30H,8,15,17-21,25-26H2,1-5H3. The SMILES string of the molecule is COc1ccc(C(CCN2CCCN(c3nc4ccccc4n3Cc3ccoc3)CC2)CN(C)C(=O)c2cc(OC)c(OC)c(OC)c2)cc1. The molecular weight excluding hydrogens is 634 g/mol. The second-order valence-corrected chi connectivity index (χ2v) is 12.7. The van der Waals surface area contributed by atoms with Crippen LogP contribution in [0.25, 0.3) is 11.0 Å². The molecule has 1 atom stereocenters. The second kappa shape index (κ2) is 16.0. The summed E-state index contributed by atoms with van der Waals surface area (Å²) in [6.45, 7) is 5.87. The van der Waals surface area contributed by atoms with Crippen molar-refractivity contribution in [2.24, 2.45) is 0 Å². The molecule has 1 saturated heterocycles. The van der Waals surface area contributed by atoms with Gasteiger partial charge in [0.15, 0.2) is 11.5 Å². The van der Waals surface area contributed by atoms with E-state index in [0.717, 1.165) is 73.9 Å². The van der Waals surface area contributed by atoms with Gasteiger partial charge in [-0.3, -0.25) is 4.79 Å². The molecule has 6 rings (SSSR count). The molecule has 3 heterocycles. The zero-order valence-electron chi connectivity index (χ0n) is 29.6. The maximum Gasteiger partial charge on any atom is 0.253 e. The highest BCUT2D eigenvalue weighted by Gasteiger charge is 2.25. The number of likely N-dealkylation sites (N-methyl/N-ethyl adjacent to an activating group) is 1. The van der Waals surface area contributed by atoms with E-state index in [9.17, 15) is 4.79 Å². The van der Waals surface area contributed by atoms with Gasteiger partial charge in [-0.15, -0.1) is 0 Å². The lowest BCUT2D eigenvalue weighted by atomic mass is 9.94. The minimum atomic E-state index is -0.119. The van der Waals surface area contributed by atoms with Crippen LogP contribution in [-0.2, 0) is 6.54 Å². The predicted octanol–water partition coefficient (Wildman–Crippen LogP) is 6.17. The molecule has 0 radical (unpaired) electrons. The van der Waals surface area contributed by atoms with E-state index in [1.165, 1.54) is 5.56 Å². The van der Waals surface area contributed by atoms with Crippen molar-refractivity contribution in [2.75, 3.05) is 79.7 Å². The number of hydrogen-bond acceptors (Lipinski definition) is 9. The summed E-state index contributed by atoms with van der Waals surface area (Å²) in [5.41, 5.74) is 4.88. The first kappa shape index (κ1) is 34.7. The molecular formula is C39H47N5O6. The third kappa shape index (κ3) is 7.68. The number of rotatable bonds is 14. The van der Waals surface area contributed by atoms with Crippen molar-refractivity contribution in [3.63, 3.8) is 0 Å². The first-order valence-corrected chi connectivity index (χ1v) is 17.1. The van der Waals surface area contributed by atoms with Gasteiger partial charge >= 0.3 is 0 Å². The Labute approximate surface area is 293 Å². The molecule has 1 fully saturated rings. The van der Waals surface area contributed by atoms with Crippen LogP contribution in [0.3, 0.4) is 0 Å². The number of para-hydroxylation sites is 2. The number of aromatic nitrogens is 2. The van der Waals surface area contributed by atoms with Gasteiger partial charge in [-0.05, 0) is 74.0 Å². The minimum absolute atomic E-state index is 0.107. The Kier molecular flexibility index (Phi) is 11.1. The highest BCUT2D eigenvalue weighted by atomic mass is 16.5. The van der Waals surface area contributed by atoms with Crippen LogP contribution in [0.5, 0.6) is 23.0 Å². The number of ether oxygens (including phenoxy) is 4. The summed E-state index contributed by atoms with van der Waals surface area (Å²) in [5.74, 6) is 3.14. The molecule has 11 heteroatoms. The summed E-state index contributed by atoms with van der Waals surface area (Å²) in [4.78, 5) is 25.6. The van der Waals surface area contributed by atoms with Crippen LogP contribution in [0.2, 0.25) is 0 Å². The van der Waals surface area contributed by atoms with Gasteiger partial charge in [0.2, 0.25) is 11.7 Å². The number of furan rings is 1. The molecule has 11 nitrogen and oxygen atoms in total. The van der Waals surface area contributed by atoms with Gasteiger partial charge in [-0.25, -0.2) is 4.98 Å². The van der Waals surface area contributed by atoms with Crippen LogP contribution >= 0.6 is 0 Å². The molecule has 1 aliphatic rings. The zero-order valence-corrected chi connectivity index (χ0v) is 29.6. The Balaban J connectivity index is 1.16. The number of methoxy groups -OCH3 is 4. The Hall–Kier alpha value is -5.16. The van der Waals surface area contributed by atoms with Gasteiger partial charge in [0.25, 0.3) is 5.91 Å². The number of nitrogens with zero attached hydrogens (tertiary/aromatic N) is 5. The normalized spacial score (nSPS) is 14.3. The van der Waals surface area contributed by atoms with Crippen molar-refractivity contribution < 1.29 is 28.2 Å². The van der Waals surface area contributed by atoms with Crippen molar-refractivity contribution in [2.45, 2.75) is 25.3 Å². The van der Waals surface area contributed by atoms with Crippen molar-refractivity contribution in [1.29, 1.82) is 0 Å². The monoisotopic (exact) mass is 681 g/mol. The van der Waals surface area contributed by atoms with Crippen LogP contribution in [-0.4, -0.2) is 100 Å². The van der Waals surface area contributed by atoms with E-state index in [-0.39, 0.29) is 11.8 Å². The zero-order chi connectivity index (χ0) is 35.0. The fraction of sp³-hybridized carbons (Fsp3) is 0.385. The number of anilines is 1. The summed E-state index contributed by atoms with van der Waals surface area (Å²) in [6.07, 6.45) is 5.44. The van der Waals surface area contributed by atoms with E-state index in [1.807, 2.05) is 31.3 Å².